The maximum absolute atomic E-state index is 12.7. The Morgan fingerprint density at radius 3 is 2.71 bits per heavy atom. The summed E-state index contributed by atoms with van der Waals surface area (Å²) in [4.78, 5) is 25.9. The first-order chi connectivity index (χ1) is 13.6. The lowest BCUT2D eigenvalue weighted by Crippen LogP contribution is -2.44. The molecule has 144 valence electrons. The van der Waals surface area contributed by atoms with Gasteiger partial charge in [0.15, 0.2) is 0 Å². The molecule has 1 fully saturated rings. The Labute approximate surface area is 163 Å². The summed E-state index contributed by atoms with van der Waals surface area (Å²) in [5.41, 5.74) is 7.46. The largest absolute Gasteiger partial charge is 0.489 e. The molecule has 2 aromatic carbocycles. The molecule has 1 saturated heterocycles. The average Bonchev–Trinajstić information content (AvgIpc) is 3.35. The molecular weight excluding hydrogens is 354 g/mol. The predicted octanol–water partition coefficient (Wildman–Crippen LogP) is 2.70. The van der Waals surface area contributed by atoms with Gasteiger partial charge in [0.05, 0.1) is 5.52 Å². The number of hydrogen-bond acceptors (Lipinski definition) is 3. The van der Waals surface area contributed by atoms with Gasteiger partial charge in [0.2, 0.25) is 11.8 Å². The highest BCUT2D eigenvalue weighted by molar-refractivity contribution is 5.88. The van der Waals surface area contributed by atoms with Crippen LogP contribution in [-0.4, -0.2) is 33.9 Å². The number of amides is 2. The first-order valence-corrected chi connectivity index (χ1v) is 9.46. The van der Waals surface area contributed by atoms with E-state index < -0.39 is 11.9 Å². The van der Waals surface area contributed by atoms with Crippen molar-refractivity contribution in [3.8, 4) is 5.75 Å². The molecule has 28 heavy (non-hydrogen) atoms. The van der Waals surface area contributed by atoms with E-state index in [9.17, 15) is 9.59 Å². The Balaban J connectivity index is 1.50. The summed E-state index contributed by atoms with van der Waals surface area (Å²) in [5, 5.41) is 1.03. The summed E-state index contributed by atoms with van der Waals surface area (Å²) in [7, 11) is 0. The first kappa shape index (κ1) is 18.1. The maximum atomic E-state index is 12.7. The van der Waals surface area contributed by atoms with Crippen LogP contribution < -0.4 is 10.5 Å². The third kappa shape index (κ3) is 3.71. The fraction of sp³-hybridized carbons (Fsp3) is 0.273. The van der Waals surface area contributed by atoms with E-state index in [4.69, 9.17) is 10.5 Å². The molecule has 0 radical (unpaired) electrons. The topological polar surface area (TPSA) is 77.6 Å². The van der Waals surface area contributed by atoms with Gasteiger partial charge in [-0.1, -0.05) is 30.3 Å². The van der Waals surface area contributed by atoms with Gasteiger partial charge in [0.1, 0.15) is 24.9 Å². The highest BCUT2D eigenvalue weighted by Crippen LogP contribution is 2.24. The van der Waals surface area contributed by atoms with Crippen molar-refractivity contribution in [2.75, 3.05) is 6.54 Å². The van der Waals surface area contributed by atoms with Crippen molar-refractivity contribution in [1.29, 1.82) is 0 Å². The molecule has 4 rings (SSSR count). The highest BCUT2D eigenvalue weighted by Gasteiger charge is 2.32. The number of nitrogens with two attached hydrogens (primary N) is 1. The summed E-state index contributed by atoms with van der Waals surface area (Å²) < 4.78 is 7.80. The van der Waals surface area contributed by atoms with Gasteiger partial charge in [0.25, 0.3) is 0 Å². The summed E-state index contributed by atoms with van der Waals surface area (Å²) in [6.45, 7) is 1.24. The lowest BCUT2D eigenvalue weighted by atomic mass is 10.2. The van der Waals surface area contributed by atoms with Crippen molar-refractivity contribution < 1.29 is 14.3 Å². The third-order valence-corrected chi connectivity index (χ3v) is 5.20. The molecule has 1 aliphatic rings. The number of primary amides is 1. The van der Waals surface area contributed by atoms with E-state index in [0.29, 0.717) is 19.6 Å². The minimum atomic E-state index is -0.487. The van der Waals surface area contributed by atoms with Crippen molar-refractivity contribution in [3.05, 3.63) is 66.4 Å². The number of aromatic nitrogens is 1. The molecule has 0 saturated carbocycles. The normalized spacial score (nSPS) is 16.4. The summed E-state index contributed by atoms with van der Waals surface area (Å²) in [5.74, 6) is 0.231. The zero-order chi connectivity index (χ0) is 19.5. The minimum Gasteiger partial charge on any atom is -0.489 e. The Morgan fingerprint density at radius 1 is 1.11 bits per heavy atom. The van der Waals surface area contributed by atoms with Crippen LogP contribution in [0.25, 0.3) is 10.9 Å². The smallest absolute Gasteiger partial charge is 0.243 e. The second kappa shape index (κ2) is 7.76. The first-order valence-electron chi connectivity index (χ1n) is 9.46. The summed E-state index contributed by atoms with van der Waals surface area (Å²) in [6, 6.07) is 17.3. The third-order valence-electron chi connectivity index (χ3n) is 5.20. The maximum Gasteiger partial charge on any atom is 0.243 e. The number of likely N-dealkylation sites (tertiary alicyclic amines) is 1. The van der Waals surface area contributed by atoms with E-state index in [-0.39, 0.29) is 12.5 Å². The lowest BCUT2D eigenvalue weighted by Gasteiger charge is -2.22. The zero-order valence-corrected chi connectivity index (χ0v) is 15.6. The van der Waals surface area contributed by atoms with Gasteiger partial charge in [-0.05, 0) is 42.0 Å². The quantitative estimate of drug-likeness (QED) is 0.717. The number of nitrogens with zero attached hydrogens (tertiary/aromatic N) is 2. The van der Waals surface area contributed by atoms with Crippen LogP contribution in [-0.2, 0) is 22.7 Å². The van der Waals surface area contributed by atoms with Gasteiger partial charge in [-0.2, -0.15) is 0 Å². The number of carbonyl (C=O) groups excluding carboxylic acids is 2. The van der Waals surface area contributed by atoms with Crippen molar-refractivity contribution in [2.24, 2.45) is 5.73 Å². The molecule has 6 nitrogen and oxygen atoms in total. The summed E-state index contributed by atoms with van der Waals surface area (Å²) >= 11 is 0. The van der Waals surface area contributed by atoms with E-state index in [2.05, 4.69) is 0 Å². The zero-order valence-electron chi connectivity index (χ0n) is 15.6. The van der Waals surface area contributed by atoms with E-state index in [1.165, 1.54) is 0 Å². The van der Waals surface area contributed by atoms with Gasteiger partial charge in [-0.25, -0.2) is 0 Å². The highest BCUT2D eigenvalue weighted by atomic mass is 16.5. The fourth-order valence-corrected chi connectivity index (χ4v) is 3.73. The second-order valence-electron chi connectivity index (χ2n) is 7.09. The minimum absolute atomic E-state index is 0.0885. The van der Waals surface area contributed by atoms with Crippen LogP contribution >= 0.6 is 0 Å². The second-order valence-corrected chi connectivity index (χ2v) is 7.09. The number of hydrogen-bond donors (Lipinski definition) is 1. The number of ether oxygens (including phenoxy) is 1. The monoisotopic (exact) mass is 377 g/mol. The SMILES string of the molecule is NC(=O)C1CCCN1C(=O)Cn1ccc2ccc(OCc3ccccc3)cc21. The molecule has 3 aromatic rings. The van der Waals surface area contributed by atoms with Crippen LogP contribution in [0.3, 0.4) is 0 Å². The number of benzene rings is 2. The molecule has 2 heterocycles. The van der Waals surface area contributed by atoms with Crippen molar-refractivity contribution in [1.82, 2.24) is 9.47 Å². The molecule has 1 atom stereocenters. The van der Waals surface area contributed by atoms with Crippen molar-refractivity contribution >= 4 is 22.7 Å². The van der Waals surface area contributed by atoms with Crippen LogP contribution in [0.2, 0.25) is 0 Å². The Bertz CT molecular complexity index is 997. The van der Waals surface area contributed by atoms with Gasteiger partial charge in [0, 0.05) is 18.8 Å². The van der Waals surface area contributed by atoms with Gasteiger partial charge in [-0.15, -0.1) is 0 Å². The molecule has 0 aliphatic carbocycles. The standard InChI is InChI=1S/C22H23N3O3/c23-22(27)19-7-4-11-25(19)21(26)14-24-12-10-17-8-9-18(13-20(17)24)28-15-16-5-2-1-3-6-16/h1-3,5-6,8-10,12-13,19H,4,7,11,14-15H2,(H2,23,27). The van der Waals surface area contributed by atoms with Crippen LogP contribution in [0.4, 0.5) is 0 Å². The molecule has 2 amide bonds. The number of rotatable bonds is 6. The predicted molar refractivity (Wildman–Crippen MR) is 107 cm³/mol. The van der Waals surface area contributed by atoms with Crippen LogP contribution in [0.1, 0.15) is 18.4 Å². The molecule has 6 heteroatoms. The van der Waals surface area contributed by atoms with Gasteiger partial charge in [-0.3, -0.25) is 9.59 Å². The molecule has 0 spiro atoms. The van der Waals surface area contributed by atoms with E-state index in [1.807, 2.05) is 65.4 Å². The molecule has 1 aliphatic heterocycles. The molecule has 1 unspecified atom stereocenters. The summed E-state index contributed by atoms with van der Waals surface area (Å²) in [6.07, 6.45) is 3.34. The number of carbonyl (C=O) groups is 2. The van der Waals surface area contributed by atoms with Crippen molar-refractivity contribution in [3.63, 3.8) is 0 Å². The Morgan fingerprint density at radius 2 is 1.93 bits per heavy atom. The van der Waals surface area contributed by atoms with E-state index >= 15 is 0 Å². The van der Waals surface area contributed by atoms with Crippen LogP contribution in [0, 0.1) is 0 Å². The Kier molecular flexibility index (Phi) is 5.02. The van der Waals surface area contributed by atoms with E-state index in [0.717, 1.165) is 28.6 Å². The van der Waals surface area contributed by atoms with Gasteiger partial charge < -0.3 is 19.9 Å². The van der Waals surface area contributed by atoms with Crippen LogP contribution in [0.15, 0.2) is 60.8 Å². The fourth-order valence-electron chi connectivity index (χ4n) is 3.73. The molecular formula is C22H23N3O3. The Hall–Kier alpha value is -3.28. The molecule has 2 N–H and O–H groups in total. The number of fused-ring (bicyclic) bond motifs is 1. The average molecular weight is 377 g/mol. The van der Waals surface area contributed by atoms with Crippen LogP contribution in [0.5, 0.6) is 5.75 Å². The lowest BCUT2D eigenvalue weighted by molar-refractivity contribution is -0.137. The molecule has 0 bridgehead atoms. The molecule has 1 aromatic heterocycles. The van der Waals surface area contributed by atoms with Crippen molar-refractivity contribution in [2.45, 2.75) is 32.0 Å². The van der Waals surface area contributed by atoms with Gasteiger partial charge >= 0.3 is 0 Å². The van der Waals surface area contributed by atoms with E-state index in [1.54, 1.807) is 4.90 Å².